The molecule has 1 fully saturated rings. The van der Waals surface area contributed by atoms with Gasteiger partial charge in [0.05, 0.1) is 26.8 Å². The van der Waals surface area contributed by atoms with E-state index >= 15 is 0 Å². The van der Waals surface area contributed by atoms with Gasteiger partial charge in [-0.05, 0) is 0 Å². The number of aliphatic hydroxyl groups excluding tert-OH is 1. The molecule has 6 unspecified atom stereocenters. The molecule has 0 aliphatic carbocycles. The Hall–Kier alpha value is 0.830. The number of nitrogen functional groups attached to an aromatic ring is 1. The van der Waals surface area contributed by atoms with Gasteiger partial charge in [-0.25, -0.2) is 9.29 Å². The van der Waals surface area contributed by atoms with Gasteiger partial charge in [0.15, 0.2) is 17.4 Å². The van der Waals surface area contributed by atoms with Crippen LogP contribution in [0.5, 0.6) is 0 Å². The second kappa shape index (κ2) is 14.5. The third-order valence-corrected chi connectivity index (χ3v) is 7.61. The number of aromatic amines is 1. The number of hydrogen-bond donors (Lipinski definition) is 4. The molecule has 0 bridgehead atoms. The van der Waals surface area contributed by atoms with Crippen molar-refractivity contribution in [2.24, 2.45) is 5.73 Å². The summed E-state index contributed by atoms with van der Waals surface area (Å²) in [5, 5.41) is 10.2. The van der Waals surface area contributed by atoms with Crippen LogP contribution in [0.2, 0.25) is 0 Å². The molecule has 6 atom stereocenters. The first-order chi connectivity index (χ1) is 14.6. The molecular formula is C10H13Li4N6O13P3. The number of phosphoric acid groups is 3. The van der Waals surface area contributed by atoms with Crippen LogP contribution in [0.15, 0.2) is 11.1 Å². The molecule has 0 spiro atoms. The van der Waals surface area contributed by atoms with E-state index in [9.17, 15) is 43.2 Å². The quantitative estimate of drug-likeness (QED) is 0.176. The Balaban J connectivity index is 0. The average Bonchev–Trinajstić information content (AvgIpc) is 3.12. The maximum absolute atomic E-state index is 11.9. The van der Waals surface area contributed by atoms with E-state index in [0.717, 1.165) is 10.9 Å². The largest absolute Gasteiger partial charge is 1.00 e. The number of imidazole rings is 1. The minimum atomic E-state index is -6.14. The van der Waals surface area contributed by atoms with E-state index < -0.39 is 60.1 Å². The standard InChI is InChI=1S/C10H17N6O13P3.4Li/c11-4-6(17)3(1-26-31(22,23)29-32(24,25)28-30(19,20)21)27-9(4)16-2-13-5-7(16)14-10(12)15-8(5)18;;;;/h2-4,6,9,17H,1,11H2,(H,22,23)(H,24,25)(H2,19,20,21)(H3,12,14,15,18);;;;/q;4*+1/p-4. The van der Waals surface area contributed by atoms with Crippen LogP contribution in [0, 0.1) is 0 Å². The first-order valence-corrected chi connectivity index (χ1v) is 12.5. The van der Waals surface area contributed by atoms with E-state index in [0.29, 0.717) is 0 Å². The molecular weight excluding hydrogens is 533 g/mol. The van der Waals surface area contributed by atoms with Gasteiger partial charge in [-0.15, -0.1) is 0 Å². The van der Waals surface area contributed by atoms with Crippen LogP contribution < -0.4 is 112 Å². The monoisotopic (exact) mass is 546 g/mol. The molecule has 2 aromatic heterocycles. The van der Waals surface area contributed by atoms with E-state index in [4.69, 9.17) is 16.2 Å². The molecule has 2 aromatic rings. The molecule has 1 aliphatic heterocycles. The first kappa shape index (κ1) is 39.0. The summed E-state index contributed by atoms with van der Waals surface area (Å²) in [6, 6.07) is -1.24. The van der Waals surface area contributed by atoms with Crippen molar-refractivity contribution in [1.82, 2.24) is 19.5 Å². The maximum Gasteiger partial charge on any atom is 1.00 e. The molecule has 19 nitrogen and oxygen atoms in total. The molecule has 0 saturated carbocycles. The zero-order valence-electron chi connectivity index (χ0n) is 19.3. The van der Waals surface area contributed by atoms with Crippen LogP contribution in [0.1, 0.15) is 6.23 Å². The first-order valence-electron chi connectivity index (χ1n) is 8.11. The van der Waals surface area contributed by atoms with Crippen LogP contribution in [-0.2, 0) is 31.6 Å². The second-order valence-electron chi connectivity index (χ2n) is 6.21. The van der Waals surface area contributed by atoms with E-state index in [1.165, 1.54) is 0 Å². The number of aliphatic hydroxyl groups is 1. The van der Waals surface area contributed by atoms with Gasteiger partial charge in [0, 0.05) is 0 Å². The summed E-state index contributed by atoms with van der Waals surface area (Å²) in [4.78, 5) is 65.2. The smallest absolute Gasteiger partial charge is 0.790 e. The fraction of sp³-hybridized carbons (Fsp3) is 0.500. The molecule has 3 rings (SSSR count). The van der Waals surface area contributed by atoms with Gasteiger partial charge in [0.25, 0.3) is 21.2 Å². The zero-order chi connectivity index (χ0) is 24.1. The number of phosphoric ester groups is 1. The van der Waals surface area contributed by atoms with Crippen molar-refractivity contribution in [3.63, 3.8) is 0 Å². The molecule has 0 amide bonds. The van der Waals surface area contributed by atoms with Crippen LogP contribution in [0.4, 0.5) is 5.95 Å². The van der Waals surface area contributed by atoms with Gasteiger partial charge >= 0.3 is 75.4 Å². The Kier molecular flexibility index (Phi) is 15.7. The summed E-state index contributed by atoms with van der Waals surface area (Å²) >= 11 is 0. The summed E-state index contributed by atoms with van der Waals surface area (Å²) < 4.78 is 50.4. The van der Waals surface area contributed by atoms with Crippen LogP contribution in [-0.4, -0.2) is 49.5 Å². The number of rotatable bonds is 8. The minimum absolute atomic E-state index is 0. The van der Waals surface area contributed by atoms with E-state index in [1.807, 2.05) is 0 Å². The van der Waals surface area contributed by atoms with Crippen LogP contribution in [0.25, 0.3) is 11.2 Å². The molecule has 6 N–H and O–H groups in total. The maximum atomic E-state index is 11.9. The summed E-state index contributed by atoms with van der Waals surface area (Å²) in [5.41, 5.74) is 10.5. The predicted octanol–water partition coefficient (Wildman–Crippen LogP) is -16.9. The van der Waals surface area contributed by atoms with Crippen molar-refractivity contribution < 1.29 is 132 Å². The number of fused-ring (bicyclic) bond motifs is 1. The summed E-state index contributed by atoms with van der Waals surface area (Å²) in [6.07, 6.45) is -3.22. The van der Waals surface area contributed by atoms with Crippen molar-refractivity contribution in [3.8, 4) is 0 Å². The topological polar surface area (TPSA) is 316 Å². The molecule has 1 saturated heterocycles. The Labute approximate surface area is 249 Å². The summed E-state index contributed by atoms with van der Waals surface area (Å²) in [5.74, 6) is -0.259. The van der Waals surface area contributed by atoms with Gasteiger partial charge in [-0.1, -0.05) is 0 Å². The van der Waals surface area contributed by atoms with Crippen LogP contribution >= 0.6 is 23.5 Å². The number of ether oxygens (including phenoxy) is 1. The zero-order valence-corrected chi connectivity index (χ0v) is 22.0. The predicted molar refractivity (Wildman–Crippen MR) is 91.4 cm³/mol. The molecule has 1 aliphatic rings. The molecule has 0 aromatic carbocycles. The van der Waals surface area contributed by atoms with Gasteiger partial charge in [-0.2, -0.15) is 4.98 Å². The Morgan fingerprint density at radius 2 is 1.69 bits per heavy atom. The fourth-order valence-corrected chi connectivity index (χ4v) is 5.60. The fourth-order valence-electron chi connectivity index (χ4n) is 2.73. The summed E-state index contributed by atoms with van der Waals surface area (Å²) in [7, 11) is -18.1. The van der Waals surface area contributed by atoms with Gasteiger partial charge in [-0.3, -0.25) is 27.8 Å². The Morgan fingerprint density at radius 3 is 2.25 bits per heavy atom. The van der Waals surface area contributed by atoms with Gasteiger partial charge in [0.2, 0.25) is 5.95 Å². The number of nitrogens with one attached hydrogen (secondary N) is 1. The second-order valence-corrected chi connectivity index (χ2v) is 10.5. The third-order valence-electron chi connectivity index (χ3n) is 3.94. The molecule has 3 heterocycles. The van der Waals surface area contributed by atoms with Crippen molar-refractivity contribution in [3.05, 3.63) is 16.7 Å². The summed E-state index contributed by atoms with van der Waals surface area (Å²) in [6.45, 7) is -1.05. The van der Waals surface area contributed by atoms with Crippen molar-refractivity contribution in [1.29, 1.82) is 0 Å². The number of aromatic nitrogens is 4. The van der Waals surface area contributed by atoms with E-state index in [1.54, 1.807) is 0 Å². The molecule has 0 radical (unpaired) electrons. The number of hydrogen-bond acceptors (Lipinski definition) is 17. The van der Waals surface area contributed by atoms with E-state index in [-0.39, 0.29) is 92.6 Å². The number of nitrogens with two attached hydrogens (primary N) is 2. The average molecular weight is 546 g/mol. The van der Waals surface area contributed by atoms with Crippen molar-refractivity contribution in [2.75, 3.05) is 12.3 Å². The van der Waals surface area contributed by atoms with Gasteiger partial charge in [0.1, 0.15) is 12.2 Å². The number of anilines is 1. The Bertz CT molecular complexity index is 1230. The number of H-pyrrole nitrogens is 1. The SMILES string of the molecule is Nc1nc2c(ncn2C2OC(COP(=O)([O-])OP(=O)([O-])OP(=O)([O-])[O-])C(O)C2N)c(=O)[nH]1.[Li+].[Li+].[Li+].[Li+]. The van der Waals surface area contributed by atoms with Gasteiger partial charge < -0.3 is 50.0 Å². The molecule has 180 valence electrons. The van der Waals surface area contributed by atoms with Crippen LogP contribution in [0.3, 0.4) is 0 Å². The van der Waals surface area contributed by atoms with E-state index in [2.05, 4.69) is 28.1 Å². The third kappa shape index (κ3) is 9.78. The Morgan fingerprint density at radius 1 is 1.11 bits per heavy atom. The molecule has 36 heavy (non-hydrogen) atoms. The van der Waals surface area contributed by atoms with Crippen molar-refractivity contribution >= 4 is 40.6 Å². The minimum Gasteiger partial charge on any atom is -0.790 e. The molecule has 26 heteroatoms. The normalized spacial score (nSPS) is 24.8. The number of nitrogens with zero attached hydrogens (tertiary/aromatic N) is 3. The van der Waals surface area contributed by atoms with Crippen molar-refractivity contribution in [2.45, 2.75) is 24.5 Å².